The number of hydrogen-bond donors (Lipinski definition) is 2. The van der Waals surface area contributed by atoms with Gasteiger partial charge in [0.05, 0.1) is 4.47 Å². The topological polar surface area (TPSA) is 35.5 Å². The quantitative estimate of drug-likeness (QED) is 0.892. The van der Waals surface area contributed by atoms with Crippen LogP contribution in [0.25, 0.3) is 0 Å². The Hall–Kier alpha value is -0.580. The number of nitrogens with one attached hydrogen (secondary N) is 1. The minimum absolute atomic E-state index is 0.296. The van der Waals surface area contributed by atoms with E-state index in [0.29, 0.717) is 17.7 Å². The van der Waals surface area contributed by atoms with E-state index in [4.69, 9.17) is 0 Å². The summed E-state index contributed by atoms with van der Waals surface area (Å²) in [6.45, 7) is 8.63. The normalized spacial score (nSPS) is 20.2. The predicted molar refractivity (Wildman–Crippen MR) is 82.4 cm³/mol. The molecule has 1 heterocycles. The number of hydrogen-bond acceptors (Lipinski definition) is 3. The first kappa shape index (κ1) is 14.8. The van der Waals surface area contributed by atoms with Crippen LogP contribution in [0.2, 0.25) is 0 Å². The number of halogens is 1. The van der Waals surface area contributed by atoms with Crippen LogP contribution in [0.3, 0.4) is 0 Å². The number of phenolic OH excluding ortho intramolecular Hbond substituents is 1. The van der Waals surface area contributed by atoms with E-state index in [2.05, 4.69) is 46.1 Å². The summed E-state index contributed by atoms with van der Waals surface area (Å²) >= 11 is 3.43. The zero-order valence-corrected chi connectivity index (χ0v) is 13.3. The highest BCUT2D eigenvalue weighted by molar-refractivity contribution is 9.10. The van der Waals surface area contributed by atoms with Gasteiger partial charge < -0.3 is 10.4 Å². The minimum atomic E-state index is 0.296. The Morgan fingerprint density at radius 2 is 2.05 bits per heavy atom. The molecule has 0 bridgehead atoms. The number of para-hydroxylation sites is 1. The molecule has 106 valence electrons. The highest BCUT2D eigenvalue weighted by Crippen LogP contribution is 2.39. The van der Waals surface area contributed by atoms with Crippen molar-refractivity contribution in [2.24, 2.45) is 5.92 Å². The third-order valence-electron chi connectivity index (χ3n) is 4.06. The molecule has 2 N–H and O–H groups in total. The van der Waals surface area contributed by atoms with Crippen LogP contribution in [-0.4, -0.2) is 36.2 Å². The maximum Gasteiger partial charge on any atom is 0.134 e. The molecule has 0 saturated carbocycles. The molecule has 0 aliphatic carbocycles. The van der Waals surface area contributed by atoms with E-state index in [1.807, 2.05) is 12.1 Å². The van der Waals surface area contributed by atoms with Crippen LogP contribution in [-0.2, 0) is 0 Å². The van der Waals surface area contributed by atoms with E-state index in [-0.39, 0.29) is 0 Å². The molecule has 1 aromatic rings. The first-order chi connectivity index (χ1) is 9.15. The standard InChI is InChI=1S/C15H23BrN2O/c1-3-11(2)14(18-9-7-17-8-10-18)12-5-4-6-13(16)15(12)19/h4-6,11,14,17,19H,3,7-10H2,1-2H3/t11?,14-/m0/s1. The van der Waals surface area contributed by atoms with Crippen LogP contribution in [0.1, 0.15) is 31.9 Å². The van der Waals surface area contributed by atoms with Gasteiger partial charge in [-0.05, 0) is 27.9 Å². The second-order valence-corrected chi connectivity index (χ2v) is 6.15. The van der Waals surface area contributed by atoms with E-state index in [1.165, 1.54) is 0 Å². The third kappa shape index (κ3) is 3.30. The average molecular weight is 327 g/mol. The maximum absolute atomic E-state index is 10.4. The SMILES string of the molecule is CCC(C)[C@@H](c1cccc(Br)c1O)N1CCNCC1. The summed E-state index contributed by atoms with van der Waals surface area (Å²) in [4.78, 5) is 2.49. The first-order valence-corrected chi connectivity index (χ1v) is 7.86. The fraction of sp³-hybridized carbons (Fsp3) is 0.600. The zero-order chi connectivity index (χ0) is 13.8. The van der Waals surface area contributed by atoms with Gasteiger partial charge in [-0.25, -0.2) is 0 Å². The zero-order valence-electron chi connectivity index (χ0n) is 11.7. The molecule has 3 nitrogen and oxygen atoms in total. The lowest BCUT2D eigenvalue weighted by Gasteiger charge is -2.38. The van der Waals surface area contributed by atoms with Crippen molar-refractivity contribution in [1.29, 1.82) is 0 Å². The maximum atomic E-state index is 10.4. The largest absolute Gasteiger partial charge is 0.506 e. The Bertz CT molecular complexity index is 419. The number of aromatic hydroxyl groups is 1. The van der Waals surface area contributed by atoms with Gasteiger partial charge >= 0.3 is 0 Å². The van der Waals surface area contributed by atoms with Gasteiger partial charge in [-0.3, -0.25) is 4.90 Å². The summed E-state index contributed by atoms with van der Waals surface area (Å²) < 4.78 is 0.786. The van der Waals surface area contributed by atoms with Gasteiger partial charge in [-0.2, -0.15) is 0 Å². The molecule has 0 radical (unpaired) electrons. The molecule has 0 spiro atoms. The van der Waals surface area contributed by atoms with Gasteiger partial charge in [0, 0.05) is 37.8 Å². The lowest BCUT2D eigenvalue weighted by atomic mass is 9.90. The van der Waals surface area contributed by atoms with Crippen molar-refractivity contribution in [2.75, 3.05) is 26.2 Å². The van der Waals surface area contributed by atoms with Crippen molar-refractivity contribution in [3.8, 4) is 5.75 Å². The smallest absolute Gasteiger partial charge is 0.134 e. The van der Waals surface area contributed by atoms with Gasteiger partial charge in [-0.1, -0.05) is 32.4 Å². The summed E-state index contributed by atoms with van der Waals surface area (Å²) in [7, 11) is 0. The lowest BCUT2D eigenvalue weighted by molar-refractivity contribution is 0.126. The van der Waals surface area contributed by atoms with Crippen LogP contribution in [0.4, 0.5) is 0 Å². The van der Waals surface area contributed by atoms with Crippen molar-refractivity contribution >= 4 is 15.9 Å². The van der Waals surface area contributed by atoms with Crippen LogP contribution in [0.5, 0.6) is 5.75 Å². The lowest BCUT2D eigenvalue weighted by Crippen LogP contribution is -2.46. The van der Waals surface area contributed by atoms with Gasteiger partial charge in [0.1, 0.15) is 5.75 Å². The van der Waals surface area contributed by atoms with Crippen molar-refractivity contribution in [1.82, 2.24) is 10.2 Å². The summed E-state index contributed by atoms with van der Waals surface area (Å²) in [6, 6.07) is 6.25. The van der Waals surface area contributed by atoms with Gasteiger partial charge in [0.25, 0.3) is 0 Å². The summed E-state index contributed by atoms with van der Waals surface area (Å²) in [6.07, 6.45) is 1.11. The second kappa shape index (κ2) is 6.73. The third-order valence-corrected chi connectivity index (χ3v) is 4.70. The predicted octanol–water partition coefficient (Wildman–Crippen LogP) is 3.15. The molecule has 19 heavy (non-hydrogen) atoms. The Kier molecular flexibility index (Phi) is 5.25. The summed E-state index contributed by atoms with van der Waals surface area (Å²) in [5.41, 5.74) is 1.05. The molecular weight excluding hydrogens is 304 g/mol. The Labute approximate surface area is 124 Å². The first-order valence-electron chi connectivity index (χ1n) is 7.07. The van der Waals surface area contributed by atoms with E-state index in [9.17, 15) is 5.11 Å². The van der Waals surface area contributed by atoms with Crippen LogP contribution in [0, 0.1) is 5.92 Å². The molecule has 1 fully saturated rings. The fourth-order valence-corrected chi connectivity index (χ4v) is 3.20. The van der Waals surface area contributed by atoms with Crippen molar-refractivity contribution in [3.05, 3.63) is 28.2 Å². The summed E-state index contributed by atoms with van der Waals surface area (Å²) in [5, 5.41) is 13.7. The molecule has 1 saturated heterocycles. The highest BCUT2D eigenvalue weighted by atomic mass is 79.9. The minimum Gasteiger partial charge on any atom is -0.506 e. The van der Waals surface area contributed by atoms with E-state index < -0.39 is 0 Å². The fourth-order valence-electron chi connectivity index (χ4n) is 2.82. The van der Waals surface area contributed by atoms with Crippen LogP contribution >= 0.6 is 15.9 Å². The van der Waals surface area contributed by atoms with Gasteiger partial charge in [-0.15, -0.1) is 0 Å². The molecular formula is C15H23BrN2O. The molecule has 0 aromatic heterocycles. The van der Waals surface area contributed by atoms with E-state index in [1.54, 1.807) is 0 Å². The average Bonchev–Trinajstić information content (AvgIpc) is 2.44. The van der Waals surface area contributed by atoms with E-state index in [0.717, 1.165) is 42.6 Å². The molecule has 1 aromatic carbocycles. The Morgan fingerprint density at radius 1 is 1.37 bits per heavy atom. The Morgan fingerprint density at radius 3 is 2.68 bits per heavy atom. The number of nitrogens with zero attached hydrogens (tertiary/aromatic N) is 1. The van der Waals surface area contributed by atoms with Crippen molar-refractivity contribution in [3.63, 3.8) is 0 Å². The molecule has 4 heteroatoms. The van der Waals surface area contributed by atoms with Crippen molar-refractivity contribution in [2.45, 2.75) is 26.3 Å². The monoisotopic (exact) mass is 326 g/mol. The van der Waals surface area contributed by atoms with Gasteiger partial charge in [0.2, 0.25) is 0 Å². The summed E-state index contributed by atoms with van der Waals surface area (Å²) in [5.74, 6) is 0.921. The molecule has 0 amide bonds. The highest BCUT2D eigenvalue weighted by Gasteiger charge is 2.28. The molecule has 2 rings (SSSR count). The molecule has 1 aliphatic heterocycles. The molecule has 1 unspecified atom stereocenters. The van der Waals surface area contributed by atoms with E-state index >= 15 is 0 Å². The number of benzene rings is 1. The second-order valence-electron chi connectivity index (χ2n) is 5.29. The number of piperazine rings is 1. The van der Waals surface area contributed by atoms with Crippen molar-refractivity contribution < 1.29 is 5.11 Å². The van der Waals surface area contributed by atoms with Crippen LogP contribution < -0.4 is 5.32 Å². The molecule has 2 atom stereocenters. The van der Waals surface area contributed by atoms with Crippen LogP contribution in [0.15, 0.2) is 22.7 Å². The molecule has 1 aliphatic rings. The number of rotatable bonds is 4. The van der Waals surface area contributed by atoms with Gasteiger partial charge in [0.15, 0.2) is 0 Å². The Balaban J connectivity index is 2.33. The number of phenols is 1.